The first-order valence-corrected chi connectivity index (χ1v) is 12.5. The van der Waals surface area contributed by atoms with Crippen LogP contribution in [0.25, 0.3) is 0 Å². The van der Waals surface area contributed by atoms with Gasteiger partial charge in [-0.1, -0.05) is 0 Å². The Morgan fingerprint density at radius 3 is 2.25 bits per heavy atom. The SMILES string of the molecule is [CH2-]CNC(=O)OC(C)(C)C.[Zn+][I]. The van der Waals surface area contributed by atoms with Crippen LogP contribution in [-0.4, -0.2) is 18.2 Å². The molecular weight excluding hydrogens is 322 g/mol. The number of rotatable bonds is 1. The summed E-state index contributed by atoms with van der Waals surface area (Å²) in [6, 6.07) is 0. The van der Waals surface area contributed by atoms with Gasteiger partial charge >= 0.3 is 40.6 Å². The van der Waals surface area contributed by atoms with Crippen molar-refractivity contribution in [2.45, 2.75) is 26.4 Å². The van der Waals surface area contributed by atoms with Crippen molar-refractivity contribution >= 4 is 25.8 Å². The van der Waals surface area contributed by atoms with Gasteiger partial charge in [-0.05, 0) is 20.8 Å². The molecule has 0 heterocycles. The van der Waals surface area contributed by atoms with Crippen LogP contribution in [0.5, 0.6) is 0 Å². The zero-order valence-electron chi connectivity index (χ0n) is 7.82. The van der Waals surface area contributed by atoms with Gasteiger partial charge in [-0.3, -0.25) is 0 Å². The second-order valence-corrected chi connectivity index (χ2v) is 2.93. The summed E-state index contributed by atoms with van der Waals surface area (Å²) in [6.07, 6.45) is -0.414. The van der Waals surface area contributed by atoms with Gasteiger partial charge < -0.3 is 17.0 Å². The molecule has 0 fully saturated rings. The standard InChI is InChI=1S/C7H14NO2.HI.Zn/c1-5-8-6(9)10-7(2,3)4;;/h1,5H2,2-4H3,(H,8,9);1H;/q-1;;+2/p-1. The Balaban J connectivity index is 0. The number of amides is 1. The number of carbonyl (C=O) groups excluding carboxylic acids is 1. The molecule has 0 saturated heterocycles. The normalized spacial score (nSPS) is 9.58. The molecule has 1 N–H and O–H groups in total. The Labute approximate surface area is 94.9 Å². The van der Waals surface area contributed by atoms with E-state index < -0.39 is 11.7 Å². The number of nitrogens with one attached hydrogen (secondary N) is 1. The fraction of sp³-hybridized carbons (Fsp3) is 0.714. The third-order valence-corrected chi connectivity index (χ3v) is 0.668. The van der Waals surface area contributed by atoms with Crippen LogP contribution in [-0.2, 0) is 19.5 Å². The molecular formula is C7H14INO2Zn. The molecule has 0 spiro atoms. The average Bonchev–Trinajstić information content (AvgIpc) is 1.88. The predicted octanol–water partition coefficient (Wildman–Crippen LogP) is 2.23. The Hall–Kier alpha value is 0.623. The van der Waals surface area contributed by atoms with Crippen LogP contribution in [0.4, 0.5) is 4.79 Å². The second kappa shape index (κ2) is 8.23. The van der Waals surface area contributed by atoms with Crippen LogP contribution in [0, 0.1) is 6.92 Å². The third kappa shape index (κ3) is 13.2. The number of alkyl carbamates (subject to hydrolysis) is 1. The molecule has 0 aromatic rings. The summed E-state index contributed by atoms with van der Waals surface area (Å²) >= 11 is 3.62. The summed E-state index contributed by atoms with van der Waals surface area (Å²) < 4.78 is 4.89. The topological polar surface area (TPSA) is 38.3 Å². The first-order chi connectivity index (χ1) is 5.45. The van der Waals surface area contributed by atoms with Crippen molar-refractivity contribution in [1.29, 1.82) is 0 Å². The quantitative estimate of drug-likeness (QED) is 0.453. The molecule has 68 valence electrons. The summed E-state index contributed by atoms with van der Waals surface area (Å²) in [7, 11) is 0. The van der Waals surface area contributed by atoms with E-state index in [-0.39, 0.29) is 0 Å². The van der Waals surface area contributed by atoms with E-state index in [1.165, 1.54) is 14.8 Å². The average molecular weight is 336 g/mol. The van der Waals surface area contributed by atoms with Crippen molar-refractivity contribution < 1.29 is 24.3 Å². The third-order valence-electron chi connectivity index (χ3n) is 0.668. The molecule has 0 saturated carbocycles. The van der Waals surface area contributed by atoms with Crippen LogP contribution < -0.4 is 5.32 Å². The molecule has 0 aliphatic heterocycles. The fourth-order valence-corrected chi connectivity index (χ4v) is 0.416. The van der Waals surface area contributed by atoms with E-state index in [1.54, 1.807) is 0 Å². The van der Waals surface area contributed by atoms with E-state index in [1.807, 2.05) is 20.8 Å². The van der Waals surface area contributed by atoms with Crippen LogP contribution in [0.15, 0.2) is 0 Å². The minimum atomic E-state index is -0.417. The van der Waals surface area contributed by atoms with Gasteiger partial charge in [0, 0.05) is 0 Å². The van der Waals surface area contributed by atoms with Crippen LogP contribution in [0.2, 0.25) is 0 Å². The van der Waals surface area contributed by atoms with Gasteiger partial charge in [0.05, 0.1) is 0 Å². The number of hydrogen-bond acceptors (Lipinski definition) is 2. The molecule has 0 bridgehead atoms. The maximum absolute atomic E-state index is 10.7. The van der Waals surface area contributed by atoms with Crippen LogP contribution in [0.1, 0.15) is 20.8 Å². The molecule has 5 heteroatoms. The zero-order chi connectivity index (χ0) is 10.2. The monoisotopic (exact) mass is 335 g/mol. The molecule has 0 atom stereocenters. The van der Waals surface area contributed by atoms with Gasteiger partial charge in [0.1, 0.15) is 5.60 Å². The van der Waals surface area contributed by atoms with E-state index in [9.17, 15) is 4.79 Å². The maximum atomic E-state index is 10.7. The fourth-order valence-electron chi connectivity index (χ4n) is 0.416. The van der Waals surface area contributed by atoms with E-state index in [2.05, 4.69) is 32.0 Å². The molecule has 0 aromatic carbocycles. The van der Waals surface area contributed by atoms with Crippen LogP contribution in [0.3, 0.4) is 0 Å². The Kier molecular flexibility index (Phi) is 10.4. The van der Waals surface area contributed by atoms with E-state index >= 15 is 0 Å². The summed E-state index contributed by atoms with van der Waals surface area (Å²) in [5.41, 5.74) is -0.417. The van der Waals surface area contributed by atoms with E-state index in [0.717, 1.165) is 0 Å². The van der Waals surface area contributed by atoms with Crippen molar-refractivity contribution in [3.05, 3.63) is 6.92 Å². The van der Waals surface area contributed by atoms with Gasteiger partial charge in [0.15, 0.2) is 0 Å². The Morgan fingerprint density at radius 2 is 2.00 bits per heavy atom. The molecule has 12 heavy (non-hydrogen) atoms. The van der Waals surface area contributed by atoms with Gasteiger partial charge in [-0.2, -0.15) is 0 Å². The molecule has 0 unspecified atom stereocenters. The number of hydrogen-bond donors (Lipinski definition) is 1. The van der Waals surface area contributed by atoms with Gasteiger partial charge in [-0.15, -0.1) is 6.54 Å². The van der Waals surface area contributed by atoms with Crippen LogP contribution >= 0.6 is 19.8 Å². The Bertz CT molecular complexity index is 125. The van der Waals surface area contributed by atoms with Gasteiger partial charge in [0.25, 0.3) is 0 Å². The molecule has 0 radical (unpaired) electrons. The summed E-state index contributed by atoms with van der Waals surface area (Å²) in [4.78, 5) is 10.7. The number of ether oxygens (including phenoxy) is 1. The molecule has 0 aliphatic rings. The molecule has 1 amide bonds. The minimum absolute atomic E-state index is 0.356. The van der Waals surface area contributed by atoms with Gasteiger partial charge in [-0.25, -0.2) is 4.79 Å². The first-order valence-electron chi connectivity index (χ1n) is 3.48. The predicted molar refractivity (Wildman–Crippen MR) is 53.6 cm³/mol. The van der Waals surface area contributed by atoms with E-state index in [4.69, 9.17) is 4.74 Å². The number of carbonyl (C=O) groups is 1. The number of halogens is 1. The van der Waals surface area contributed by atoms with Crippen molar-refractivity contribution in [2.75, 3.05) is 6.54 Å². The van der Waals surface area contributed by atoms with Gasteiger partial charge in [0.2, 0.25) is 0 Å². The molecule has 0 aliphatic carbocycles. The molecule has 3 nitrogen and oxygen atoms in total. The zero-order valence-corrected chi connectivity index (χ0v) is 12.9. The summed E-state index contributed by atoms with van der Waals surface area (Å²) in [5, 5.41) is 2.43. The second-order valence-electron chi connectivity index (χ2n) is 2.93. The Morgan fingerprint density at radius 1 is 1.58 bits per heavy atom. The molecule has 0 rings (SSSR count). The van der Waals surface area contributed by atoms with Crippen molar-refractivity contribution in [3.8, 4) is 0 Å². The van der Waals surface area contributed by atoms with E-state index in [0.29, 0.717) is 6.54 Å². The first kappa shape index (κ1) is 15.1. The summed E-state index contributed by atoms with van der Waals surface area (Å²) in [5.74, 6) is 0. The molecule has 0 aromatic heterocycles. The summed E-state index contributed by atoms with van der Waals surface area (Å²) in [6.45, 7) is 9.25. The van der Waals surface area contributed by atoms with Crippen molar-refractivity contribution in [1.82, 2.24) is 5.32 Å². The van der Waals surface area contributed by atoms with Crippen molar-refractivity contribution in [2.24, 2.45) is 0 Å². The van der Waals surface area contributed by atoms with Crippen molar-refractivity contribution in [3.63, 3.8) is 0 Å².